The fraction of sp³-hybridized carbons (Fsp3) is 0.250. The molecular weight excluding hydrogens is 477 g/mol. The zero-order valence-electron chi connectivity index (χ0n) is 20.2. The molecule has 1 saturated heterocycles. The second-order valence-corrected chi connectivity index (χ2v) is 9.35. The summed E-state index contributed by atoms with van der Waals surface area (Å²) in [5.74, 6) is -0.633. The summed E-state index contributed by atoms with van der Waals surface area (Å²) in [6, 6.07) is 16.3. The molecule has 2 aromatic rings. The molecule has 0 atom stereocenters. The molecule has 2 N–H and O–H groups in total. The molecule has 1 amide bonds. The molecule has 0 unspecified atom stereocenters. The van der Waals surface area contributed by atoms with Crippen molar-refractivity contribution in [2.24, 2.45) is 0 Å². The van der Waals surface area contributed by atoms with E-state index in [9.17, 15) is 9.18 Å². The van der Waals surface area contributed by atoms with Gasteiger partial charge < -0.3 is 25.3 Å². The minimum atomic E-state index is -0.389. The van der Waals surface area contributed by atoms with E-state index in [1.165, 1.54) is 23.7 Å². The van der Waals surface area contributed by atoms with E-state index >= 15 is 0 Å². The third kappa shape index (κ3) is 5.11. The first kappa shape index (κ1) is 24.0. The minimum absolute atomic E-state index is 0.244. The summed E-state index contributed by atoms with van der Waals surface area (Å²) in [5.41, 5.74) is 5.27. The van der Waals surface area contributed by atoms with Gasteiger partial charge in [0.05, 0.1) is 5.70 Å². The first-order chi connectivity index (χ1) is 17.5. The third-order valence-electron chi connectivity index (χ3n) is 6.66. The number of benzene rings is 2. The SMILES string of the molecule is CCC1=C(C(=O)NCc2ccc(N3CCN(c4ccc(Cl)cc4)CC3)cc2)N2C=C(F)C=CC2=CN1. The van der Waals surface area contributed by atoms with Crippen molar-refractivity contribution in [2.75, 3.05) is 36.0 Å². The van der Waals surface area contributed by atoms with Crippen molar-refractivity contribution in [2.45, 2.75) is 19.9 Å². The number of anilines is 2. The topological polar surface area (TPSA) is 50.9 Å². The number of nitrogens with one attached hydrogen (secondary N) is 2. The Morgan fingerprint density at radius 1 is 0.972 bits per heavy atom. The number of carbonyl (C=O) groups is 1. The lowest BCUT2D eigenvalue weighted by Crippen LogP contribution is -2.46. The van der Waals surface area contributed by atoms with Gasteiger partial charge in [-0.05, 0) is 60.5 Å². The number of halogens is 2. The number of hydrogen-bond acceptors (Lipinski definition) is 5. The van der Waals surface area contributed by atoms with Crippen LogP contribution in [0, 0.1) is 0 Å². The quantitative estimate of drug-likeness (QED) is 0.576. The maximum atomic E-state index is 13.9. The molecule has 3 aliphatic rings. The zero-order chi connectivity index (χ0) is 25.1. The molecule has 3 heterocycles. The number of amides is 1. The summed E-state index contributed by atoms with van der Waals surface area (Å²) >= 11 is 6.01. The van der Waals surface area contributed by atoms with E-state index < -0.39 is 0 Å². The number of piperazine rings is 1. The number of rotatable bonds is 6. The first-order valence-corrected chi connectivity index (χ1v) is 12.6. The monoisotopic (exact) mass is 505 g/mol. The van der Waals surface area contributed by atoms with E-state index in [0.717, 1.165) is 48.2 Å². The van der Waals surface area contributed by atoms with E-state index in [0.29, 0.717) is 18.7 Å². The van der Waals surface area contributed by atoms with Gasteiger partial charge in [0.1, 0.15) is 11.5 Å². The molecule has 0 spiro atoms. The van der Waals surface area contributed by atoms with Gasteiger partial charge in [-0.25, -0.2) is 4.39 Å². The van der Waals surface area contributed by atoms with Gasteiger partial charge in [-0.15, -0.1) is 0 Å². The fourth-order valence-corrected chi connectivity index (χ4v) is 4.78. The number of hydrogen-bond donors (Lipinski definition) is 2. The molecular formula is C28H29ClFN5O. The summed E-state index contributed by atoms with van der Waals surface area (Å²) in [5, 5.41) is 6.92. The highest BCUT2D eigenvalue weighted by molar-refractivity contribution is 6.30. The van der Waals surface area contributed by atoms with Crippen LogP contribution in [0.25, 0.3) is 0 Å². The Hall–Kier alpha value is -3.71. The normalized spacial score (nSPS) is 17.4. The lowest BCUT2D eigenvalue weighted by molar-refractivity contribution is -0.118. The highest BCUT2D eigenvalue weighted by atomic mass is 35.5. The van der Waals surface area contributed by atoms with Gasteiger partial charge in [0.25, 0.3) is 5.91 Å². The van der Waals surface area contributed by atoms with Gasteiger partial charge in [0.2, 0.25) is 0 Å². The Morgan fingerprint density at radius 3 is 2.19 bits per heavy atom. The van der Waals surface area contributed by atoms with Crippen LogP contribution in [-0.4, -0.2) is 37.0 Å². The van der Waals surface area contributed by atoms with E-state index in [-0.39, 0.29) is 11.7 Å². The van der Waals surface area contributed by atoms with Crippen LogP contribution >= 0.6 is 11.6 Å². The molecule has 2 aromatic carbocycles. The van der Waals surface area contributed by atoms with E-state index in [4.69, 9.17) is 11.6 Å². The van der Waals surface area contributed by atoms with Crippen molar-refractivity contribution in [1.29, 1.82) is 0 Å². The molecule has 0 aliphatic carbocycles. The highest BCUT2D eigenvalue weighted by Crippen LogP contribution is 2.28. The van der Waals surface area contributed by atoms with Crippen LogP contribution in [0.2, 0.25) is 5.02 Å². The lowest BCUT2D eigenvalue weighted by atomic mass is 10.1. The number of nitrogens with zero attached hydrogens (tertiary/aromatic N) is 3. The van der Waals surface area contributed by atoms with Crippen LogP contribution in [-0.2, 0) is 11.3 Å². The molecule has 36 heavy (non-hydrogen) atoms. The van der Waals surface area contributed by atoms with Gasteiger partial charge >= 0.3 is 0 Å². The Kier molecular flexibility index (Phi) is 7.00. The van der Waals surface area contributed by atoms with Crippen LogP contribution in [0.4, 0.5) is 15.8 Å². The third-order valence-corrected chi connectivity index (χ3v) is 6.91. The average molecular weight is 506 g/mol. The van der Waals surface area contributed by atoms with Crippen molar-refractivity contribution in [3.63, 3.8) is 0 Å². The van der Waals surface area contributed by atoms with Crippen LogP contribution < -0.4 is 20.4 Å². The van der Waals surface area contributed by atoms with Gasteiger partial charge in [0.15, 0.2) is 0 Å². The Balaban J connectivity index is 1.18. The lowest BCUT2D eigenvalue weighted by Gasteiger charge is -2.37. The summed E-state index contributed by atoms with van der Waals surface area (Å²) in [4.78, 5) is 19.5. The van der Waals surface area contributed by atoms with Gasteiger partial charge in [-0.1, -0.05) is 30.7 Å². The molecule has 6 nitrogen and oxygen atoms in total. The Labute approximate surface area is 216 Å². The van der Waals surface area contributed by atoms with Crippen molar-refractivity contribution in [3.05, 3.63) is 107 Å². The maximum absolute atomic E-state index is 13.9. The van der Waals surface area contributed by atoms with E-state index in [1.807, 2.05) is 31.2 Å². The van der Waals surface area contributed by atoms with Crippen molar-refractivity contribution in [3.8, 4) is 0 Å². The Morgan fingerprint density at radius 2 is 1.58 bits per heavy atom. The van der Waals surface area contributed by atoms with Crippen molar-refractivity contribution in [1.82, 2.24) is 15.5 Å². The van der Waals surface area contributed by atoms with Crippen molar-refractivity contribution < 1.29 is 9.18 Å². The molecule has 0 bridgehead atoms. The summed E-state index contributed by atoms with van der Waals surface area (Å²) < 4.78 is 13.9. The van der Waals surface area contributed by atoms with Crippen LogP contribution in [0.1, 0.15) is 18.9 Å². The maximum Gasteiger partial charge on any atom is 0.270 e. The molecule has 0 aromatic heterocycles. The highest BCUT2D eigenvalue weighted by Gasteiger charge is 2.27. The number of fused-ring (bicyclic) bond motifs is 1. The second-order valence-electron chi connectivity index (χ2n) is 8.91. The van der Waals surface area contributed by atoms with Gasteiger partial charge in [-0.3, -0.25) is 4.79 Å². The molecule has 5 rings (SSSR count). The van der Waals surface area contributed by atoms with Crippen molar-refractivity contribution >= 4 is 28.9 Å². The summed E-state index contributed by atoms with van der Waals surface area (Å²) in [7, 11) is 0. The predicted molar refractivity (Wildman–Crippen MR) is 143 cm³/mol. The van der Waals surface area contributed by atoms with E-state index in [1.54, 1.807) is 17.2 Å². The molecule has 0 saturated carbocycles. The Bertz CT molecular complexity index is 1240. The molecule has 8 heteroatoms. The first-order valence-electron chi connectivity index (χ1n) is 12.2. The smallest absolute Gasteiger partial charge is 0.270 e. The summed E-state index contributed by atoms with van der Waals surface area (Å²) in [6.07, 6.45) is 6.79. The molecule has 186 valence electrons. The van der Waals surface area contributed by atoms with Crippen LogP contribution in [0.15, 0.2) is 96.0 Å². The van der Waals surface area contributed by atoms with E-state index in [2.05, 4.69) is 44.7 Å². The second kappa shape index (κ2) is 10.5. The van der Waals surface area contributed by atoms with Crippen LogP contribution in [0.5, 0.6) is 0 Å². The van der Waals surface area contributed by atoms with Gasteiger partial charge in [0, 0.05) is 67.2 Å². The standard InChI is InChI=1S/C28H29ClFN5O/c1-2-26-27(35-19-22(30)7-12-25(35)18-31-26)28(36)32-17-20-3-8-23(9-4-20)33-13-15-34(16-14-33)24-10-5-21(29)6-11-24/h3-12,18-19,31H,2,13-17H2,1H3,(H,32,36). The fourth-order valence-electron chi connectivity index (χ4n) is 4.65. The van der Waals surface area contributed by atoms with Crippen LogP contribution in [0.3, 0.4) is 0 Å². The molecule has 1 fully saturated rings. The number of carbonyl (C=O) groups excluding carboxylic acids is 1. The molecule has 3 aliphatic heterocycles. The van der Waals surface area contributed by atoms with Gasteiger partial charge in [-0.2, -0.15) is 0 Å². The largest absolute Gasteiger partial charge is 0.368 e. The molecule has 0 radical (unpaired) electrons. The minimum Gasteiger partial charge on any atom is -0.368 e. The average Bonchev–Trinajstić information content (AvgIpc) is 2.92. The summed E-state index contributed by atoms with van der Waals surface area (Å²) in [6.45, 7) is 6.11. The predicted octanol–water partition coefficient (Wildman–Crippen LogP) is 5.03. The zero-order valence-corrected chi connectivity index (χ0v) is 20.9. The number of allylic oxidation sites excluding steroid dienone is 4.